The Morgan fingerprint density at radius 1 is 1.17 bits per heavy atom. The minimum absolute atomic E-state index is 0.0651. The summed E-state index contributed by atoms with van der Waals surface area (Å²) in [7, 11) is 1.50. The number of benzene rings is 1. The van der Waals surface area contributed by atoms with Crippen LogP contribution in [0.1, 0.15) is 71.5 Å². The number of nitrogens with zero attached hydrogens (tertiary/aromatic N) is 2. The number of fused-ring (bicyclic) bond motifs is 1. The summed E-state index contributed by atoms with van der Waals surface area (Å²) >= 11 is 0. The number of allylic oxidation sites excluding steroid dienone is 1. The first kappa shape index (κ1) is 37.3. The molecule has 0 unspecified atom stereocenters. The van der Waals surface area contributed by atoms with Gasteiger partial charge in [0.2, 0.25) is 17.7 Å². The highest BCUT2D eigenvalue weighted by atomic mass is 16.6. The van der Waals surface area contributed by atoms with Crippen molar-refractivity contribution < 1.29 is 38.5 Å². The number of aliphatic hydroxyl groups excluding tert-OH is 1. The van der Waals surface area contributed by atoms with Gasteiger partial charge in [-0.25, -0.2) is 0 Å². The number of carbonyl (C=O) groups excluding carboxylic acids is 4. The molecule has 3 amide bonds. The van der Waals surface area contributed by atoms with Crippen molar-refractivity contribution in [2.75, 3.05) is 26.9 Å². The van der Waals surface area contributed by atoms with Crippen molar-refractivity contribution in [3.05, 3.63) is 61.2 Å². The molecule has 1 spiro atoms. The van der Waals surface area contributed by atoms with Crippen molar-refractivity contribution in [2.45, 2.75) is 102 Å². The largest absolute Gasteiger partial charge is 0.455 e. The van der Waals surface area contributed by atoms with Gasteiger partial charge in [-0.3, -0.25) is 19.2 Å². The van der Waals surface area contributed by atoms with Gasteiger partial charge in [0, 0.05) is 26.1 Å². The van der Waals surface area contributed by atoms with Crippen LogP contribution in [0.4, 0.5) is 0 Å². The van der Waals surface area contributed by atoms with E-state index >= 15 is 0 Å². The molecule has 1 aromatic rings. The molecule has 3 heterocycles. The second-order valence-electron chi connectivity index (χ2n) is 13.9. The molecule has 8 atom stereocenters. The van der Waals surface area contributed by atoms with Crippen LogP contribution in [0.15, 0.2) is 55.6 Å². The highest BCUT2D eigenvalue weighted by molar-refractivity contribution is 5.98. The van der Waals surface area contributed by atoms with Gasteiger partial charge in [-0.15, -0.1) is 13.2 Å². The van der Waals surface area contributed by atoms with E-state index in [2.05, 4.69) is 18.5 Å². The summed E-state index contributed by atoms with van der Waals surface area (Å²) in [6, 6.07) is 6.52. The topological polar surface area (TPSA) is 135 Å². The lowest BCUT2D eigenvalue weighted by atomic mass is 9.70. The summed E-state index contributed by atoms with van der Waals surface area (Å²) < 4.78 is 18.4. The smallest absolute Gasteiger partial charge is 0.313 e. The minimum Gasteiger partial charge on any atom is -0.455 e. The van der Waals surface area contributed by atoms with Crippen LogP contribution in [0.2, 0.25) is 0 Å². The lowest BCUT2D eigenvalue weighted by Gasteiger charge is -2.40. The molecular weight excluding hydrogens is 614 g/mol. The van der Waals surface area contributed by atoms with Crippen LogP contribution in [0, 0.1) is 17.8 Å². The van der Waals surface area contributed by atoms with Gasteiger partial charge in [-0.2, -0.15) is 0 Å². The van der Waals surface area contributed by atoms with Gasteiger partial charge in [0.25, 0.3) is 0 Å². The highest BCUT2D eigenvalue weighted by Gasteiger charge is 2.75. The second-order valence-corrected chi connectivity index (χ2v) is 13.9. The quantitative estimate of drug-likeness (QED) is 0.179. The zero-order valence-corrected chi connectivity index (χ0v) is 29.0. The monoisotopic (exact) mass is 667 g/mol. The summed E-state index contributed by atoms with van der Waals surface area (Å²) in [5, 5.41) is 13.5. The fraction of sp³-hybridized carbons (Fsp3) is 0.622. The average molecular weight is 668 g/mol. The molecule has 1 aromatic carbocycles. The number of esters is 1. The SMILES string of the molecule is C=CCCC(=O)N[C@@H](COC)[C@@H](OC(=O)[C@@H]1[C@@H]2CC[C@]3(O2)[C@H](C(=O)N(CC=C)C(C)C)N([C@@H](CO)CC(C)C)C(=O)[C@@H]13)c1ccccc1. The Bertz CT molecular complexity index is 1320. The lowest BCUT2D eigenvalue weighted by Crippen LogP contribution is -2.59. The summed E-state index contributed by atoms with van der Waals surface area (Å²) in [4.78, 5) is 59.5. The van der Waals surface area contributed by atoms with Crippen molar-refractivity contribution in [3.8, 4) is 0 Å². The van der Waals surface area contributed by atoms with Crippen LogP contribution in [0.25, 0.3) is 0 Å². The van der Waals surface area contributed by atoms with Gasteiger partial charge in [-0.1, -0.05) is 56.3 Å². The summed E-state index contributed by atoms with van der Waals surface area (Å²) in [5.41, 5.74) is -0.605. The fourth-order valence-corrected chi connectivity index (χ4v) is 7.83. The average Bonchev–Trinajstić information content (AvgIpc) is 3.71. The first-order chi connectivity index (χ1) is 22.9. The molecule has 48 heavy (non-hydrogen) atoms. The van der Waals surface area contributed by atoms with E-state index in [0.29, 0.717) is 31.2 Å². The van der Waals surface area contributed by atoms with E-state index < -0.39 is 53.7 Å². The Labute approximate surface area is 284 Å². The molecule has 11 nitrogen and oxygen atoms in total. The number of carbonyl (C=O) groups is 4. The third kappa shape index (κ3) is 7.38. The molecule has 0 aliphatic carbocycles. The Hall–Kier alpha value is -3.54. The summed E-state index contributed by atoms with van der Waals surface area (Å²) in [5.74, 6) is -3.39. The maximum atomic E-state index is 14.6. The number of aliphatic hydroxyl groups is 1. The molecule has 0 aromatic heterocycles. The highest BCUT2D eigenvalue weighted by Crippen LogP contribution is 2.59. The number of likely N-dealkylation sites (tertiary alicyclic amines) is 1. The van der Waals surface area contributed by atoms with Gasteiger partial charge in [0.15, 0.2) is 0 Å². The Balaban J connectivity index is 1.74. The third-order valence-corrected chi connectivity index (χ3v) is 9.83. The molecule has 2 bridgehead atoms. The van der Waals surface area contributed by atoms with Gasteiger partial charge in [0.05, 0.1) is 43.2 Å². The third-order valence-electron chi connectivity index (χ3n) is 9.83. The lowest BCUT2D eigenvalue weighted by molar-refractivity contribution is -0.163. The van der Waals surface area contributed by atoms with Crippen LogP contribution in [-0.2, 0) is 33.4 Å². The second kappa shape index (κ2) is 16.2. The van der Waals surface area contributed by atoms with E-state index in [1.54, 1.807) is 17.1 Å². The summed E-state index contributed by atoms with van der Waals surface area (Å²) in [6.45, 7) is 15.3. The number of hydrogen-bond acceptors (Lipinski definition) is 8. The van der Waals surface area contributed by atoms with E-state index in [9.17, 15) is 24.3 Å². The molecule has 3 saturated heterocycles. The molecule has 3 aliphatic heterocycles. The number of hydrogen-bond donors (Lipinski definition) is 2. The Kier molecular flexibility index (Phi) is 12.6. The number of ether oxygens (including phenoxy) is 3. The molecule has 264 valence electrons. The predicted octanol–water partition coefficient (Wildman–Crippen LogP) is 3.57. The number of rotatable bonds is 18. The van der Waals surface area contributed by atoms with Crippen molar-refractivity contribution in [3.63, 3.8) is 0 Å². The van der Waals surface area contributed by atoms with Crippen LogP contribution in [0.5, 0.6) is 0 Å². The minimum atomic E-state index is -1.26. The van der Waals surface area contributed by atoms with Gasteiger partial charge >= 0.3 is 5.97 Å². The summed E-state index contributed by atoms with van der Waals surface area (Å²) in [6.07, 6.45) is 3.79. The molecule has 4 rings (SSSR count). The van der Waals surface area contributed by atoms with Crippen LogP contribution in [0.3, 0.4) is 0 Å². The van der Waals surface area contributed by atoms with Crippen molar-refractivity contribution in [2.24, 2.45) is 17.8 Å². The Morgan fingerprint density at radius 3 is 2.46 bits per heavy atom. The number of amides is 3. The normalized spacial score (nSPS) is 26.2. The molecule has 0 radical (unpaired) electrons. The predicted molar refractivity (Wildman–Crippen MR) is 180 cm³/mol. The van der Waals surface area contributed by atoms with Gasteiger partial charge in [-0.05, 0) is 51.0 Å². The molecular formula is C37H53N3O8. The van der Waals surface area contributed by atoms with Crippen molar-refractivity contribution >= 4 is 23.7 Å². The zero-order valence-electron chi connectivity index (χ0n) is 29.0. The van der Waals surface area contributed by atoms with Gasteiger partial charge < -0.3 is 34.4 Å². The first-order valence-corrected chi connectivity index (χ1v) is 17.1. The van der Waals surface area contributed by atoms with Gasteiger partial charge in [0.1, 0.15) is 17.7 Å². The Morgan fingerprint density at radius 2 is 1.88 bits per heavy atom. The maximum Gasteiger partial charge on any atom is 0.313 e. The first-order valence-electron chi connectivity index (χ1n) is 17.1. The van der Waals surface area contributed by atoms with Crippen molar-refractivity contribution in [1.82, 2.24) is 15.1 Å². The molecule has 2 N–H and O–H groups in total. The molecule has 0 saturated carbocycles. The molecule has 3 aliphatic rings. The fourth-order valence-electron chi connectivity index (χ4n) is 7.83. The van der Waals surface area contributed by atoms with Crippen LogP contribution < -0.4 is 5.32 Å². The molecule has 3 fully saturated rings. The van der Waals surface area contributed by atoms with E-state index in [4.69, 9.17) is 14.2 Å². The number of nitrogens with one attached hydrogen (secondary N) is 1. The van der Waals surface area contributed by atoms with E-state index in [1.807, 2.05) is 58.0 Å². The molecule has 11 heteroatoms. The van der Waals surface area contributed by atoms with E-state index in [1.165, 1.54) is 12.0 Å². The van der Waals surface area contributed by atoms with Crippen molar-refractivity contribution in [1.29, 1.82) is 0 Å². The van der Waals surface area contributed by atoms with Crippen LogP contribution >= 0.6 is 0 Å². The van der Waals surface area contributed by atoms with E-state index in [-0.39, 0.29) is 55.9 Å². The number of methoxy groups -OCH3 is 1. The standard InChI is InChI=1S/C37H53N3O8/c1-8-10-16-29(42)38-27(22-46-7)32(25-14-12-11-13-15-25)47-36(45)30-28-17-18-37(48-28)31(30)34(43)40(26(21-41)20-23(3)4)33(37)35(44)39(19-9-2)24(5)6/h8-9,11-15,23-24,26-28,30-33,41H,1-2,10,16-22H2,3-7H3,(H,38,42)/t26-,27+,28+,30-,31-,32+,33+,37-/m1/s1. The zero-order chi connectivity index (χ0) is 35.2. The van der Waals surface area contributed by atoms with Crippen LogP contribution in [-0.4, -0.2) is 101 Å². The van der Waals surface area contributed by atoms with E-state index in [0.717, 1.165) is 0 Å². The maximum absolute atomic E-state index is 14.6.